The van der Waals surface area contributed by atoms with Gasteiger partial charge < -0.3 is 18.6 Å². The van der Waals surface area contributed by atoms with Crippen molar-refractivity contribution in [2.45, 2.75) is 103 Å². The topological polar surface area (TPSA) is 36.9 Å². The van der Waals surface area contributed by atoms with E-state index in [0.29, 0.717) is 0 Å². The van der Waals surface area contributed by atoms with Crippen LogP contribution in [-0.2, 0) is 18.6 Å². The molecule has 0 amide bonds. The van der Waals surface area contributed by atoms with Crippen molar-refractivity contribution in [3.05, 3.63) is 0 Å². The maximum absolute atomic E-state index is 6.63. The SMILES string of the molecule is CC[C@@H](O[Si](C)(C)C(C)(C)C)[C@H]1O[C@@H]2OC(C)(C)O[C@@H]2[C@@H]1C. The molecule has 0 saturated carbocycles. The summed E-state index contributed by atoms with van der Waals surface area (Å²) in [6, 6.07) is 0. The summed E-state index contributed by atoms with van der Waals surface area (Å²) in [6.45, 7) is 19.7. The molecule has 2 aliphatic rings. The van der Waals surface area contributed by atoms with Crippen LogP contribution in [0.5, 0.6) is 0 Å². The monoisotopic (exact) mass is 330 g/mol. The van der Waals surface area contributed by atoms with Gasteiger partial charge >= 0.3 is 0 Å². The highest BCUT2D eigenvalue weighted by Crippen LogP contribution is 2.44. The third-order valence-corrected chi connectivity index (χ3v) is 9.94. The first-order chi connectivity index (χ1) is 9.88. The molecule has 0 aromatic rings. The number of hydrogen-bond acceptors (Lipinski definition) is 4. The van der Waals surface area contributed by atoms with E-state index in [9.17, 15) is 0 Å². The third-order valence-electron chi connectivity index (χ3n) is 5.44. The standard InChI is InChI=1S/C17H34O4Si/c1-10-12(21-22(8,9)16(3,4)5)13-11(2)14-15(18-13)20-17(6,7)19-14/h11-15H,10H2,1-9H3/t11-,12-,13+,14-,15-/m1/s1. The fraction of sp³-hybridized carbons (Fsp3) is 1.00. The smallest absolute Gasteiger partial charge is 0.192 e. The lowest BCUT2D eigenvalue weighted by Crippen LogP contribution is -2.48. The van der Waals surface area contributed by atoms with E-state index in [1.54, 1.807) is 0 Å². The largest absolute Gasteiger partial charge is 0.411 e. The Bertz CT molecular complexity index is 402. The molecule has 2 fully saturated rings. The number of rotatable bonds is 4. The highest BCUT2D eigenvalue weighted by molar-refractivity contribution is 6.74. The van der Waals surface area contributed by atoms with Gasteiger partial charge in [-0.05, 0) is 38.4 Å². The molecule has 2 heterocycles. The van der Waals surface area contributed by atoms with Crippen molar-refractivity contribution < 1.29 is 18.6 Å². The molecule has 5 heteroatoms. The van der Waals surface area contributed by atoms with Crippen LogP contribution in [0.4, 0.5) is 0 Å². The maximum atomic E-state index is 6.63. The van der Waals surface area contributed by atoms with Crippen LogP contribution in [0.15, 0.2) is 0 Å². The van der Waals surface area contributed by atoms with Crippen LogP contribution in [0, 0.1) is 5.92 Å². The second-order valence-corrected chi connectivity index (χ2v) is 13.5. The van der Waals surface area contributed by atoms with Gasteiger partial charge in [0.1, 0.15) is 6.10 Å². The van der Waals surface area contributed by atoms with Crippen molar-refractivity contribution in [1.29, 1.82) is 0 Å². The minimum atomic E-state index is -1.81. The van der Waals surface area contributed by atoms with Gasteiger partial charge in [0.15, 0.2) is 20.4 Å². The van der Waals surface area contributed by atoms with Gasteiger partial charge in [0, 0.05) is 5.92 Å². The quantitative estimate of drug-likeness (QED) is 0.720. The first-order valence-corrected chi connectivity index (χ1v) is 11.5. The number of fused-ring (bicyclic) bond motifs is 1. The molecule has 22 heavy (non-hydrogen) atoms. The fourth-order valence-electron chi connectivity index (χ4n) is 3.05. The zero-order chi connectivity index (χ0) is 16.9. The molecule has 0 radical (unpaired) electrons. The minimum Gasteiger partial charge on any atom is -0.411 e. The second-order valence-electron chi connectivity index (χ2n) is 8.75. The normalized spacial score (nSPS) is 36.4. The lowest BCUT2D eigenvalue weighted by molar-refractivity contribution is -0.218. The predicted octanol–water partition coefficient (Wildman–Crippen LogP) is 4.30. The van der Waals surface area contributed by atoms with Crippen LogP contribution in [0.2, 0.25) is 18.1 Å². The zero-order valence-electron chi connectivity index (χ0n) is 15.7. The summed E-state index contributed by atoms with van der Waals surface area (Å²) in [5.74, 6) is -0.266. The van der Waals surface area contributed by atoms with Crippen LogP contribution in [-0.4, -0.2) is 38.7 Å². The van der Waals surface area contributed by atoms with Crippen LogP contribution >= 0.6 is 0 Å². The number of ether oxygens (including phenoxy) is 3. The van der Waals surface area contributed by atoms with Gasteiger partial charge in [0.25, 0.3) is 0 Å². The Morgan fingerprint density at radius 2 is 1.77 bits per heavy atom. The lowest BCUT2D eigenvalue weighted by Gasteiger charge is -2.41. The summed E-state index contributed by atoms with van der Waals surface area (Å²) < 4.78 is 24.7. The Labute approximate surface area is 137 Å². The van der Waals surface area contributed by atoms with E-state index in [1.165, 1.54) is 0 Å². The second kappa shape index (κ2) is 5.85. The maximum Gasteiger partial charge on any atom is 0.192 e. The van der Waals surface area contributed by atoms with E-state index in [1.807, 2.05) is 13.8 Å². The summed E-state index contributed by atoms with van der Waals surface area (Å²) in [4.78, 5) is 0. The summed E-state index contributed by atoms with van der Waals surface area (Å²) in [5, 5.41) is 0.202. The van der Waals surface area contributed by atoms with Gasteiger partial charge in [-0.3, -0.25) is 0 Å². The highest BCUT2D eigenvalue weighted by Gasteiger charge is 2.55. The Hall–Kier alpha value is 0.0569. The highest BCUT2D eigenvalue weighted by atomic mass is 28.4. The lowest BCUT2D eigenvalue weighted by atomic mass is 9.96. The van der Waals surface area contributed by atoms with E-state index >= 15 is 0 Å². The molecule has 2 aliphatic heterocycles. The van der Waals surface area contributed by atoms with Gasteiger partial charge in [0.05, 0.1) is 12.2 Å². The Kier molecular flexibility index (Phi) is 4.89. The van der Waals surface area contributed by atoms with E-state index in [4.69, 9.17) is 18.6 Å². The average Bonchev–Trinajstić information content (AvgIpc) is 2.79. The molecule has 4 nitrogen and oxygen atoms in total. The summed E-state index contributed by atoms with van der Waals surface area (Å²) in [7, 11) is -1.81. The van der Waals surface area contributed by atoms with Gasteiger partial charge in [0.2, 0.25) is 0 Å². The molecule has 0 N–H and O–H groups in total. The summed E-state index contributed by atoms with van der Waals surface area (Å²) in [6.07, 6.45) is 0.857. The van der Waals surface area contributed by atoms with E-state index in [-0.39, 0.29) is 35.6 Å². The van der Waals surface area contributed by atoms with Crippen LogP contribution in [0.25, 0.3) is 0 Å². The van der Waals surface area contributed by atoms with E-state index in [0.717, 1.165) is 6.42 Å². The molecule has 2 saturated heterocycles. The Morgan fingerprint density at radius 1 is 1.18 bits per heavy atom. The molecular formula is C17H34O4Si. The third kappa shape index (κ3) is 3.43. The zero-order valence-corrected chi connectivity index (χ0v) is 16.7. The Balaban J connectivity index is 2.08. The Morgan fingerprint density at radius 3 is 2.23 bits per heavy atom. The van der Waals surface area contributed by atoms with E-state index < -0.39 is 14.1 Å². The molecular weight excluding hydrogens is 296 g/mol. The van der Waals surface area contributed by atoms with Crippen LogP contribution in [0.3, 0.4) is 0 Å². The van der Waals surface area contributed by atoms with Gasteiger partial charge in [-0.25, -0.2) is 0 Å². The van der Waals surface area contributed by atoms with Crippen molar-refractivity contribution in [1.82, 2.24) is 0 Å². The average molecular weight is 331 g/mol. The molecule has 130 valence electrons. The predicted molar refractivity (Wildman–Crippen MR) is 90.2 cm³/mol. The molecule has 2 rings (SSSR count). The molecule has 0 aromatic carbocycles. The van der Waals surface area contributed by atoms with Gasteiger partial charge in [-0.15, -0.1) is 0 Å². The molecule has 0 aliphatic carbocycles. The first kappa shape index (κ1) is 18.4. The number of hydrogen-bond donors (Lipinski definition) is 0. The molecule has 5 atom stereocenters. The van der Waals surface area contributed by atoms with Gasteiger partial charge in [-0.1, -0.05) is 34.6 Å². The molecule has 0 unspecified atom stereocenters. The van der Waals surface area contributed by atoms with Crippen molar-refractivity contribution >= 4 is 8.32 Å². The van der Waals surface area contributed by atoms with Crippen LogP contribution in [0.1, 0.15) is 54.9 Å². The molecule has 0 aromatic heterocycles. The molecule has 0 spiro atoms. The van der Waals surface area contributed by atoms with E-state index in [2.05, 4.69) is 47.7 Å². The fourth-order valence-corrected chi connectivity index (χ4v) is 4.46. The van der Waals surface area contributed by atoms with Crippen molar-refractivity contribution in [3.63, 3.8) is 0 Å². The molecule has 0 bridgehead atoms. The summed E-state index contributed by atoms with van der Waals surface area (Å²) >= 11 is 0. The van der Waals surface area contributed by atoms with Crippen molar-refractivity contribution in [2.75, 3.05) is 0 Å². The first-order valence-electron chi connectivity index (χ1n) is 8.57. The van der Waals surface area contributed by atoms with Crippen LogP contribution < -0.4 is 0 Å². The van der Waals surface area contributed by atoms with Gasteiger partial charge in [-0.2, -0.15) is 0 Å². The van der Waals surface area contributed by atoms with Crippen molar-refractivity contribution in [3.8, 4) is 0 Å². The minimum absolute atomic E-state index is 0.0112. The van der Waals surface area contributed by atoms with Crippen molar-refractivity contribution in [2.24, 2.45) is 5.92 Å². The summed E-state index contributed by atoms with van der Waals surface area (Å²) in [5.41, 5.74) is 0.